The Morgan fingerprint density at radius 3 is 2.62 bits per heavy atom. The van der Waals surface area contributed by atoms with Crippen molar-refractivity contribution in [2.75, 3.05) is 13.1 Å². The van der Waals surface area contributed by atoms with Crippen molar-refractivity contribution in [3.05, 3.63) is 12.8 Å². The van der Waals surface area contributed by atoms with Crippen LogP contribution < -0.4 is 5.32 Å². The van der Waals surface area contributed by atoms with E-state index in [1.54, 1.807) is 5.88 Å². The van der Waals surface area contributed by atoms with E-state index >= 15 is 0 Å². The predicted octanol–water partition coefficient (Wildman–Crippen LogP) is 1.20. The van der Waals surface area contributed by atoms with Gasteiger partial charge >= 0.3 is 19.5 Å². The molecule has 44 valence electrons. The molecule has 1 nitrogen and oxygen atoms in total. The topological polar surface area (TPSA) is 12.0 Å². The molecule has 0 rings (SSSR count). The van der Waals surface area contributed by atoms with Crippen LogP contribution in [0.2, 0.25) is 0 Å². The third kappa shape index (κ3) is 9.98. The van der Waals surface area contributed by atoms with Gasteiger partial charge in [0.2, 0.25) is 0 Å². The Kier molecular flexibility index (Phi) is 15.7. The van der Waals surface area contributed by atoms with Crippen molar-refractivity contribution in [3.63, 3.8) is 0 Å². The first-order valence-electron chi connectivity index (χ1n) is 2.33. The van der Waals surface area contributed by atoms with E-state index in [1.807, 2.05) is 0 Å². The van der Waals surface area contributed by atoms with Crippen molar-refractivity contribution in [1.82, 2.24) is 5.32 Å². The van der Waals surface area contributed by atoms with E-state index in [0.29, 0.717) is 0 Å². The molecule has 0 spiro atoms. The third-order valence-electron chi connectivity index (χ3n) is 0.575. The Balaban J connectivity index is 0. The summed E-state index contributed by atoms with van der Waals surface area (Å²) < 4.78 is 0. The van der Waals surface area contributed by atoms with Crippen LogP contribution in [-0.4, -0.2) is 13.1 Å². The fraction of sp³-hybridized carbons (Fsp3) is 0.600. The minimum absolute atomic E-state index is 0. The second-order valence-electron chi connectivity index (χ2n) is 1.21. The van der Waals surface area contributed by atoms with E-state index in [0.717, 1.165) is 19.5 Å². The number of halogens is 1. The second kappa shape index (κ2) is 10.8. The first-order valence-corrected chi connectivity index (χ1v) is 2.77. The first-order chi connectivity index (χ1) is 3.41. The van der Waals surface area contributed by atoms with Crippen LogP contribution in [0.5, 0.6) is 0 Å². The van der Waals surface area contributed by atoms with Gasteiger partial charge in [-0.05, 0) is 6.54 Å². The monoisotopic (exact) mass is 183 g/mol. The van der Waals surface area contributed by atoms with E-state index in [9.17, 15) is 0 Å². The Bertz CT molecular complexity index is 31.6. The molecular weight excluding hydrogens is 175 g/mol. The van der Waals surface area contributed by atoms with Crippen molar-refractivity contribution >= 4 is 11.6 Å². The normalized spacial score (nSPS) is 8.25. The molecule has 0 saturated carbocycles. The smallest absolute Gasteiger partial charge is 0.348 e. The fourth-order valence-corrected chi connectivity index (χ4v) is 0.391. The molecule has 0 saturated heterocycles. The van der Waals surface area contributed by atoms with Gasteiger partial charge in [-0.2, -0.15) is 6.42 Å². The van der Waals surface area contributed by atoms with Crippen LogP contribution >= 0.6 is 11.6 Å². The summed E-state index contributed by atoms with van der Waals surface area (Å²) in [7, 11) is 0. The molecule has 8 heavy (non-hydrogen) atoms. The molecule has 0 aromatic carbocycles. The summed E-state index contributed by atoms with van der Waals surface area (Å²) >= 11 is 5.23. The first kappa shape index (κ1) is 11.6. The molecule has 0 aromatic rings. The average molecular weight is 185 g/mol. The molecule has 0 heterocycles. The summed E-state index contributed by atoms with van der Waals surface area (Å²) in [6.07, 6.45) is 0.921. The van der Waals surface area contributed by atoms with Gasteiger partial charge in [-0.15, -0.1) is 6.54 Å². The zero-order chi connectivity index (χ0) is 5.54. The van der Waals surface area contributed by atoms with Gasteiger partial charge in [0.05, 0.1) is 0 Å². The molecule has 0 atom stereocenters. The van der Waals surface area contributed by atoms with Crippen LogP contribution in [0.4, 0.5) is 0 Å². The zero-order valence-corrected chi connectivity index (χ0v) is 8.71. The van der Waals surface area contributed by atoms with Crippen LogP contribution in [0.15, 0.2) is 0 Å². The van der Waals surface area contributed by atoms with Gasteiger partial charge in [-0.1, -0.05) is 0 Å². The number of nitrogens with one attached hydrogen (secondary N) is 1. The largest absolute Gasteiger partial charge is 2.00 e. The summed E-state index contributed by atoms with van der Waals surface area (Å²) in [6, 6.07) is 0. The van der Waals surface area contributed by atoms with E-state index in [2.05, 4.69) is 12.2 Å². The summed E-state index contributed by atoms with van der Waals surface area (Å²) in [5, 5.41) is 3.03. The van der Waals surface area contributed by atoms with Crippen molar-refractivity contribution in [2.24, 2.45) is 0 Å². The second-order valence-corrected chi connectivity index (χ2v) is 1.52. The van der Waals surface area contributed by atoms with Gasteiger partial charge < -0.3 is 23.8 Å². The molecule has 0 amide bonds. The van der Waals surface area contributed by atoms with Crippen LogP contribution in [0.1, 0.15) is 6.42 Å². The molecule has 0 fully saturated rings. The number of hydrogen-bond acceptors (Lipinski definition) is 1. The van der Waals surface area contributed by atoms with E-state index in [1.165, 1.54) is 0 Å². The minimum Gasteiger partial charge on any atom is -0.348 e. The summed E-state index contributed by atoms with van der Waals surface area (Å²) in [4.78, 5) is 0. The van der Waals surface area contributed by atoms with Gasteiger partial charge in [0.15, 0.2) is 0 Å². The number of rotatable bonds is 4. The molecule has 0 bridgehead atoms. The standard InChI is InChI=1S/C5H10ClN.Zn/c1-2-4-7-5-3-6;/h3,7H,1-2,4-5H2;/q-2;+2. The van der Waals surface area contributed by atoms with Gasteiger partial charge in [0.25, 0.3) is 0 Å². The molecule has 0 aliphatic carbocycles. The number of hydrogen-bond donors (Lipinski definition) is 1. The van der Waals surface area contributed by atoms with Crippen LogP contribution in [0.25, 0.3) is 0 Å². The van der Waals surface area contributed by atoms with Crippen molar-refractivity contribution in [1.29, 1.82) is 0 Å². The van der Waals surface area contributed by atoms with Crippen molar-refractivity contribution in [2.45, 2.75) is 6.42 Å². The molecule has 3 heteroatoms. The Morgan fingerprint density at radius 1 is 1.62 bits per heavy atom. The van der Waals surface area contributed by atoms with Gasteiger partial charge in [0, 0.05) is 0 Å². The summed E-state index contributed by atoms with van der Waals surface area (Å²) in [5.41, 5.74) is 0. The summed E-state index contributed by atoms with van der Waals surface area (Å²) in [6.45, 7) is 5.36. The predicted molar refractivity (Wildman–Crippen MR) is 33.0 cm³/mol. The molecular formula is C5H10ClNZn. The quantitative estimate of drug-likeness (QED) is 0.394. The molecule has 0 radical (unpaired) electrons. The molecule has 0 aliphatic heterocycles. The average Bonchev–Trinajstić information content (AvgIpc) is 1.69. The molecule has 0 unspecified atom stereocenters. The maximum atomic E-state index is 5.23. The van der Waals surface area contributed by atoms with E-state index in [4.69, 9.17) is 11.6 Å². The third-order valence-corrected chi connectivity index (χ3v) is 0.729. The van der Waals surface area contributed by atoms with E-state index in [-0.39, 0.29) is 19.5 Å². The van der Waals surface area contributed by atoms with Gasteiger partial charge in [-0.25, -0.2) is 5.88 Å². The molecule has 0 aliphatic rings. The Morgan fingerprint density at radius 2 is 2.25 bits per heavy atom. The Labute approximate surface area is 68.9 Å². The van der Waals surface area contributed by atoms with Crippen LogP contribution in [-0.2, 0) is 19.5 Å². The van der Waals surface area contributed by atoms with E-state index < -0.39 is 0 Å². The van der Waals surface area contributed by atoms with Crippen molar-refractivity contribution < 1.29 is 19.5 Å². The maximum Gasteiger partial charge on any atom is 2.00 e. The SMILES string of the molecule is [CH2-]CCNC[CH-]Cl.[Zn+2]. The van der Waals surface area contributed by atoms with Crippen LogP contribution in [0, 0.1) is 12.8 Å². The van der Waals surface area contributed by atoms with Crippen molar-refractivity contribution in [3.8, 4) is 0 Å². The van der Waals surface area contributed by atoms with Crippen LogP contribution in [0.3, 0.4) is 0 Å². The fourth-order valence-electron chi connectivity index (χ4n) is 0.282. The summed E-state index contributed by atoms with van der Waals surface area (Å²) in [5.74, 6) is 1.57. The molecule has 0 aromatic heterocycles. The zero-order valence-electron chi connectivity index (χ0n) is 4.99. The minimum atomic E-state index is 0. The maximum absolute atomic E-state index is 5.23. The Hall–Kier alpha value is 0.873. The van der Waals surface area contributed by atoms with Gasteiger partial charge in [-0.3, -0.25) is 0 Å². The van der Waals surface area contributed by atoms with Gasteiger partial charge in [0.1, 0.15) is 0 Å². The molecule has 1 N–H and O–H groups in total.